The maximum Gasteiger partial charge on any atom is 0.251 e. The van der Waals surface area contributed by atoms with Crippen molar-refractivity contribution >= 4 is 45.9 Å². The first kappa shape index (κ1) is 33.0. The summed E-state index contributed by atoms with van der Waals surface area (Å²) < 4.78 is -1.19. The molecule has 1 N–H and O–H groups in total. The number of aliphatic hydroxyl groups excluding tert-OH is 1. The number of unbranched alkanes of at least 4 members (excludes halogenated alkanes) is 2. The van der Waals surface area contributed by atoms with Crippen molar-refractivity contribution in [2.45, 2.75) is 61.1 Å². The molecule has 3 aromatic carbocycles. The Morgan fingerprint density at radius 3 is 2.38 bits per heavy atom. The van der Waals surface area contributed by atoms with Gasteiger partial charge < -0.3 is 19.8 Å². The van der Waals surface area contributed by atoms with Crippen LogP contribution in [0.25, 0.3) is 10.8 Å². The minimum absolute atomic E-state index is 0.0468. The molecule has 2 bridgehead atoms. The van der Waals surface area contributed by atoms with E-state index in [9.17, 15) is 14.7 Å². The summed E-state index contributed by atoms with van der Waals surface area (Å²) in [6.45, 7) is 11.6. The lowest BCUT2D eigenvalue weighted by molar-refractivity contribution is -0.145. The zero-order valence-electron chi connectivity index (χ0n) is 27.2. The van der Waals surface area contributed by atoms with Crippen LogP contribution in [0.1, 0.15) is 44.6 Å². The molecule has 6 rings (SSSR count). The molecule has 47 heavy (non-hydrogen) atoms. The second-order valence-electron chi connectivity index (χ2n) is 13.3. The summed E-state index contributed by atoms with van der Waals surface area (Å²) in [4.78, 5) is 49.8. The Balaban J connectivity index is 1.39. The number of thioether (sulfide) groups is 1. The van der Waals surface area contributed by atoms with Crippen molar-refractivity contribution < 1.29 is 19.5 Å². The number of carbonyl (C=O) groups is 3. The van der Waals surface area contributed by atoms with Gasteiger partial charge in [-0.1, -0.05) is 72.8 Å². The zero-order chi connectivity index (χ0) is 33.2. The summed E-state index contributed by atoms with van der Waals surface area (Å²) in [7, 11) is 0. The van der Waals surface area contributed by atoms with E-state index in [0.29, 0.717) is 45.4 Å². The van der Waals surface area contributed by atoms with Crippen molar-refractivity contribution in [3.05, 3.63) is 104 Å². The van der Waals surface area contributed by atoms with Gasteiger partial charge in [-0.15, -0.1) is 24.9 Å². The number of benzene rings is 3. The molecule has 3 amide bonds. The topological polar surface area (TPSA) is 81.2 Å². The van der Waals surface area contributed by atoms with Crippen LogP contribution in [0.4, 0.5) is 5.69 Å². The fourth-order valence-electron chi connectivity index (χ4n) is 8.23. The summed E-state index contributed by atoms with van der Waals surface area (Å²) in [6.07, 6.45) is 6.98. The third-order valence-corrected chi connectivity index (χ3v) is 12.3. The maximum absolute atomic E-state index is 15.0. The Kier molecular flexibility index (Phi) is 9.62. The fourth-order valence-corrected chi connectivity index (χ4v) is 10.6. The number of likely N-dealkylation sites (tertiary alicyclic amines) is 1. The van der Waals surface area contributed by atoms with Gasteiger partial charge in [0.15, 0.2) is 0 Å². The first-order chi connectivity index (χ1) is 22.8. The zero-order valence-corrected chi connectivity index (χ0v) is 28.0. The summed E-state index contributed by atoms with van der Waals surface area (Å²) in [5, 5.41) is 11.5. The molecule has 2 unspecified atom stereocenters. The fraction of sp³-hybridized carbons (Fsp3) is 0.410. The summed E-state index contributed by atoms with van der Waals surface area (Å²) in [5.41, 5.74) is 1.78. The second kappa shape index (κ2) is 13.7. The summed E-state index contributed by atoms with van der Waals surface area (Å²) >= 11 is 1.70. The first-order valence-corrected chi connectivity index (χ1v) is 17.6. The molecule has 3 aliphatic rings. The lowest BCUT2D eigenvalue weighted by Crippen LogP contribution is -2.55. The predicted molar refractivity (Wildman–Crippen MR) is 190 cm³/mol. The van der Waals surface area contributed by atoms with Crippen molar-refractivity contribution in [3.8, 4) is 0 Å². The highest BCUT2D eigenvalue weighted by atomic mass is 32.2. The number of hydrogen-bond acceptors (Lipinski definition) is 5. The van der Waals surface area contributed by atoms with Gasteiger partial charge >= 0.3 is 0 Å². The van der Waals surface area contributed by atoms with E-state index in [1.165, 1.54) is 0 Å². The van der Waals surface area contributed by atoms with E-state index >= 15 is 4.79 Å². The molecule has 3 aliphatic heterocycles. The van der Waals surface area contributed by atoms with E-state index in [1.54, 1.807) is 33.7 Å². The van der Waals surface area contributed by atoms with Crippen molar-refractivity contribution in [1.29, 1.82) is 0 Å². The quantitative estimate of drug-likeness (QED) is 0.166. The van der Waals surface area contributed by atoms with Gasteiger partial charge in [0.05, 0.1) is 16.6 Å². The largest absolute Gasteiger partial charge is 0.396 e. The molecule has 3 aromatic rings. The number of aliphatic hydroxyl groups is 1. The Bertz CT molecular complexity index is 1660. The molecular formula is C39H45N3O4S. The average molecular weight is 652 g/mol. The van der Waals surface area contributed by atoms with Crippen LogP contribution in [-0.2, 0) is 20.9 Å². The molecule has 3 heterocycles. The van der Waals surface area contributed by atoms with Crippen LogP contribution in [0, 0.1) is 11.8 Å². The minimum Gasteiger partial charge on any atom is -0.396 e. The number of anilines is 1. The number of nitrogens with zero attached hydrogens (tertiary/aromatic N) is 3. The van der Waals surface area contributed by atoms with Gasteiger partial charge in [-0.05, 0) is 67.5 Å². The predicted octanol–water partition coefficient (Wildman–Crippen LogP) is 6.22. The highest BCUT2D eigenvalue weighted by Gasteiger charge is 2.77. The SMILES string of the molecule is C=CCN(Cc1ccccc1)C(=O)[C@@H]1[C@H]2C(=O)N(CCCCCO)C(C(=O)N(CC=C)c3ccc4ccccc4c3)C23CC[C@@]1(C)S3. The smallest absolute Gasteiger partial charge is 0.251 e. The number of amides is 3. The number of rotatable bonds is 14. The van der Waals surface area contributed by atoms with Gasteiger partial charge in [-0.25, -0.2) is 0 Å². The van der Waals surface area contributed by atoms with Crippen LogP contribution in [-0.4, -0.2) is 74.4 Å². The van der Waals surface area contributed by atoms with E-state index < -0.39 is 27.4 Å². The molecule has 3 saturated heterocycles. The van der Waals surface area contributed by atoms with Crippen molar-refractivity contribution in [2.75, 3.05) is 31.1 Å². The van der Waals surface area contributed by atoms with E-state index in [0.717, 1.165) is 34.9 Å². The van der Waals surface area contributed by atoms with Gasteiger partial charge in [0, 0.05) is 43.2 Å². The molecule has 0 aliphatic carbocycles. The molecule has 7 nitrogen and oxygen atoms in total. The van der Waals surface area contributed by atoms with Gasteiger partial charge in [0.2, 0.25) is 11.8 Å². The third kappa shape index (κ3) is 5.91. The standard InChI is InChI=1S/C39H45N3O4S/c1-4-22-40(27-28-14-8-6-9-15-28)35(44)32-33-36(45)42(24-12-7-13-25-43)34(39(33)21-20-38(32,3)47-39)37(46)41(23-5-2)31-19-18-29-16-10-11-17-30(29)26-31/h4-6,8-11,14-19,26,32-34,43H,1-2,7,12-13,20-25,27H2,3H3/t32-,33-,34?,38+,39?/m0/s1. The Morgan fingerprint density at radius 1 is 0.936 bits per heavy atom. The lowest BCUT2D eigenvalue weighted by Gasteiger charge is -2.38. The van der Waals surface area contributed by atoms with Gasteiger partial charge in [-0.2, -0.15) is 0 Å². The molecule has 246 valence electrons. The van der Waals surface area contributed by atoms with E-state index in [1.807, 2.05) is 77.7 Å². The van der Waals surface area contributed by atoms with Gasteiger partial charge in [-0.3, -0.25) is 14.4 Å². The monoisotopic (exact) mass is 651 g/mol. The minimum atomic E-state index is -0.719. The number of hydrogen-bond donors (Lipinski definition) is 1. The van der Waals surface area contributed by atoms with Crippen LogP contribution in [0.3, 0.4) is 0 Å². The second-order valence-corrected chi connectivity index (χ2v) is 15.2. The molecule has 0 aromatic heterocycles. The normalized spacial score (nSPS) is 26.0. The summed E-state index contributed by atoms with van der Waals surface area (Å²) in [5.74, 6) is -1.43. The Labute approximate surface area is 282 Å². The molecule has 0 saturated carbocycles. The van der Waals surface area contributed by atoms with E-state index in [4.69, 9.17) is 0 Å². The van der Waals surface area contributed by atoms with Crippen LogP contribution in [0.15, 0.2) is 98.1 Å². The van der Waals surface area contributed by atoms with Crippen LogP contribution in [0.5, 0.6) is 0 Å². The molecule has 5 atom stereocenters. The van der Waals surface area contributed by atoms with Crippen LogP contribution < -0.4 is 4.90 Å². The maximum atomic E-state index is 15.0. The Morgan fingerprint density at radius 2 is 1.66 bits per heavy atom. The molecule has 8 heteroatoms. The lowest BCUT2D eigenvalue weighted by atomic mass is 9.66. The van der Waals surface area contributed by atoms with Crippen LogP contribution >= 0.6 is 11.8 Å². The number of carbonyl (C=O) groups excluding carboxylic acids is 3. The highest BCUT2D eigenvalue weighted by Crippen LogP contribution is 2.71. The first-order valence-electron chi connectivity index (χ1n) is 16.7. The van der Waals surface area contributed by atoms with Crippen molar-refractivity contribution in [3.63, 3.8) is 0 Å². The highest BCUT2D eigenvalue weighted by molar-refractivity contribution is 8.02. The third-order valence-electron chi connectivity index (χ3n) is 10.3. The van der Waals surface area contributed by atoms with Crippen molar-refractivity contribution in [1.82, 2.24) is 9.80 Å². The molecule has 1 spiro atoms. The van der Waals surface area contributed by atoms with E-state index in [2.05, 4.69) is 20.1 Å². The van der Waals surface area contributed by atoms with Gasteiger partial charge in [0.1, 0.15) is 6.04 Å². The molecule has 0 radical (unpaired) electrons. The molecular weight excluding hydrogens is 607 g/mol. The Hall–Kier alpha value is -3.88. The van der Waals surface area contributed by atoms with Crippen LogP contribution in [0.2, 0.25) is 0 Å². The number of fused-ring (bicyclic) bond motifs is 2. The van der Waals surface area contributed by atoms with Gasteiger partial charge in [0.25, 0.3) is 5.91 Å². The van der Waals surface area contributed by atoms with Crippen molar-refractivity contribution in [2.24, 2.45) is 11.8 Å². The summed E-state index contributed by atoms with van der Waals surface area (Å²) in [6, 6.07) is 23.3. The van der Waals surface area contributed by atoms with E-state index in [-0.39, 0.29) is 24.3 Å². The molecule has 3 fully saturated rings. The average Bonchev–Trinajstić information content (AvgIpc) is 3.65.